The molecule has 0 atom stereocenters. The van der Waals surface area contributed by atoms with E-state index < -0.39 is 5.82 Å². The zero-order valence-corrected chi connectivity index (χ0v) is 22.4. The first kappa shape index (κ1) is 25.9. The smallest absolute Gasteiger partial charge is 0.246 e. The number of amides is 1. The summed E-state index contributed by atoms with van der Waals surface area (Å²) in [5.41, 5.74) is 2.82. The van der Waals surface area contributed by atoms with Gasteiger partial charge < -0.3 is 20.0 Å². The molecule has 0 unspecified atom stereocenters. The normalized spacial score (nSPS) is 14.1. The number of carbonyl (C=O) groups excluding carboxylic acids is 1. The number of carbonyl (C=O) groups is 1. The van der Waals surface area contributed by atoms with Crippen LogP contribution in [0.2, 0.25) is 5.02 Å². The van der Waals surface area contributed by atoms with Crippen molar-refractivity contribution in [2.75, 3.05) is 63.6 Å². The number of nitrogens with one attached hydrogen (secondary N) is 2. The number of halogens is 2. The van der Waals surface area contributed by atoms with Gasteiger partial charge in [-0.3, -0.25) is 9.89 Å². The van der Waals surface area contributed by atoms with Gasteiger partial charge in [-0.15, -0.1) is 0 Å². The summed E-state index contributed by atoms with van der Waals surface area (Å²) in [6.45, 7) is 8.95. The summed E-state index contributed by atoms with van der Waals surface area (Å²) in [5, 5.41) is 11.9. The number of anilines is 2. The zero-order valence-electron chi connectivity index (χ0n) is 21.7. The number of fused-ring (bicyclic) bond motifs is 2. The van der Waals surface area contributed by atoms with Gasteiger partial charge in [0.05, 0.1) is 16.7 Å². The Balaban J connectivity index is 1.65. The van der Waals surface area contributed by atoms with Crippen LogP contribution in [0.1, 0.15) is 5.56 Å². The van der Waals surface area contributed by atoms with Crippen LogP contribution in [0.4, 0.5) is 16.2 Å². The number of hydrogen-bond acceptors (Lipinski definition) is 7. The highest BCUT2D eigenvalue weighted by molar-refractivity contribution is 6.35. The van der Waals surface area contributed by atoms with Crippen molar-refractivity contribution in [2.24, 2.45) is 0 Å². The minimum atomic E-state index is -0.510. The minimum Gasteiger partial charge on any atom is -0.353 e. The van der Waals surface area contributed by atoms with Crippen LogP contribution in [0.15, 0.2) is 37.1 Å². The topological polar surface area (TPSA) is 93.3 Å². The highest BCUT2D eigenvalue weighted by atomic mass is 35.5. The van der Waals surface area contributed by atoms with E-state index in [0.717, 1.165) is 23.0 Å². The molecule has 0 spiro atoms. The second-order valence-corrected chi connectivity index (χ2v) is 10.1. The zero-order chi connectivity index (χ0) is 27.0. The van der Waals surface area contributed by atoms with Gasteiger partial charge in [-0.25, -0.2) is 9.37 Å². The third-order valence-electron chi connectivity index (χ3n) is 6.85. The van der Waals surface area contributed by atoms with Crippen LogP contribution < -0.4 is 10.2 Å². The Morgan fingerprint density at radius 2 is 1.97 bits per heavy atom. The van der Waals surface area contributed by atoms with Crippen molar-refractivity contribution in [3.63, 3.8) is 0 Å². The van der Waals surface area contributed by atoms with Gasteiger partial charge in [0.2, 0.25) is 11.9 Å². The van der Waals surface area contributed by atoms with Gasteiger partial charge >= 0.3 is 0 Å². The molecule has 9 nitrogen and oxygen atoms in total. The van der Waals surface area contributed by atoms with Crippen molar-refractivity contribution in [3.8, 4) is 11.1 Å². The van der Waals surface area contributed by atoms with Crippen LogP contribution in [-0.4, -0.2) is 89.2 Å². The van der Waals surface area contributed by atoms with E-state index in [0.29, 0.717) is 55.4 Å². The molecule has 2 aromatic carbocycles. The quantitative estimate of drug-likeness (QED) is 0.344. The summed E-state index contributed by atoms with van der Waals surface area (Å²) in [6, 6.07) is 5.57. The minimum absolute atomic E-state index is 0.106. The van der Waals surface area contributed by atoms with Gasteiger partial charge in [0.15, 0.2) is 5.82 Å². The Labute approximate surface area is 225 Å². The molecule has 0 bridgehead atoms. The molecular weight excluding hydrogens is 507 g/mol. The van der Waals surface area contributed by atoms with Gasteiger partial charge in [-0.2, -0.15) is 10.1 Å². The van der Waals surface area contributed by atoms with E-state index in [1.807, 2.05) is 43.0 Å². The number of aromatic nitrogens is 4. The van der Waals surface area contributed by atoms with Gasteiger partial charge in [0, 0.05) is 61.2 Å². The number of rotatable bonds is 7. The van der Waals surface area contributed by atoms with Crippen molar-refractivity contribution < 1.29 is 9.18 Å². The summed E-state index contributed by atoms with van der Waals surface area (Å²) >= 11 is 6.81. The molecule has 0 radical (unpaired) electrons. The summed E-state index contributed by atoms with van der Waals surface area (Å²) in [5.74, 6) is 0.304. The first-order valence-corrected chi connectivity index (χ1v) is 12.8. The van der Waals surface area contributed by atoms with Crippen LogP contribution in [-0.2, 0) is 4.79 Å². The van der Waals surface area contributed by atoms with E-state index in [2.05, 4.69) is 27.1 Å². The monoisotopic (exact) mass is 536 g/mol. The molecule has 11 heteroatoms. The van der Waals surface area contributed by atoms with Gasteiger partial charge in [-0.05, 0) is 44.8 Å². The lowest BCUT2D eigenvalue weighted by Crippen LogP contribution is -2.48. The van der Waals surface area contributed by atoms with E-state index in [-0.39, 0.29) is 22.0 Å². The molecule has 4 aromatic rings. The fraction of sp³-hybridized carbons (Fsp3) is 0.333. The molecule has 1 aliphatic rings. The number of nitrogens with zero attached hydrogens (tertiary/aromatic N) is 6. The molecule has 5 rings (SSSR count). The summed E-state index contributed by atoms with van der Waals surface area (Å²) in [6.07, 6.45) is 3.00. The lowest BCUT2D eigenvalue weighted by atomic mass is 9.95. The Hall–Kier alpha value is -3.76. The Kier molecular flexibility index (Phi) is 7.18. The lowest BCUT2D eigenvalue weighted by Gasteiger charge is -2.35. The molecule has 0 aliphatic carbocycles. The molecule has 198 valence electrons. The maximum atomic E-state index is 16.5. The number of aromatic amines is 1. The Bertz CT molecular complexity index is 1530. The van der Waals surface area contributed by atoms with E-state index in [1.54, 1.807) is 17.2 Å². The van der Waals surface area contributed by atoms with E-state index in [1.165, 1.54) is 6.08 Å². The molecular formula is C27H30ClFN8O. The van der Waals surface area contributed by atoms with Gasteiger partial charge in [0.25, 0.3) is 0 Å². The third kappa shape index (κ3) is 4.77. The van der Waals surface area contributed by atoms with Crippen LogP contribution in [0.3, 0.4) is 0 Å². The number of aryl methyl sites for hydroxylation is 1. The van der Waals surface area contributed by atoms with E-state index >= 15 is 4.39 Å². The van der Waals surface area contributed by atoms with Crippen LogP contribution in [0, 0.1) is 12.7 Å². The van der Waals surface area contributed by atoms with Crippen LogP contribution in [0.5, 0.6) is 0 Å². The van der Waals surface area contributed by atoms with Crippen molar-refractivity contribution in [2.45, 2.75) is 6.92 Å². The number of likely N-dealkylation sites (N-methyl/N-ethyl adjacent to an activating group) is 1. The Morgan fingerprint density at radius 1 is 1.21 bits per heavy atom. The maximum Gasteiger partial charge on any atom is 0.246 e. The summed E-state index contributed by atoms with van der Waals surface area (Å²) in [4.78, 5) is 27.3. The molecule has 38 heavy (non-hydrogen) atoms. The second kappa shape index (κ2) is 10.5. The first-order valence-electron chi connectivity index (χ1n) is 12.5. The standard InChI is InChI=1S/C27H30ClFN8O/c1-5-21(38)36-10-12-37(13-11-36)26-17-14-19(28)23(22-16(2)6-7-20-18(22)15-31-34-20)24(29)25(17)32-27(33-26)30-8-9-35(3)4/h5-7,14-15H,1,8-13H2,2-4H3,(H,31,34)(H,30,32,33). The van der Waals surface area contributed by atoms with Crippen LogP contribution in [0.25, 0.3) is 32.9 Å². The van der Waals surface area contributed by atoms with Crippen molar-refractivity contribution in [3.05, 3.63) is 53.5 Å². The van der Waals surface area contributed by atoms with Crippen molar-refractivity contribution in [1.82, 2.24) is 30.0 Å². The first-order chi connectivity index (χ1) is 18.3. The highest BCUT2D eigenvalue weighted by Crippen LogP contribution is 2.42. The number of piperazine rings is 1. The van der Waals surface area contributed by atoms with Gasteiger partial charge in [-0.1, -0.05) is 24.2 Å². The molecule has 1 fully saturated rings. The molecule has 1 amide bonds. The number of benzene rings is 2. The SMILES string of the molecule is C=CC(=O)N1CCN(c2nc(NCCN(C)C)nc3c(F)c(-c4c(C)ccc5[nH]ncc45)c(Cl)cc23)CC1. The predicted molar refractivity (Wildman–Crippen MR) is 150 cm³/mol. The van der Waals surface area contributed by atoms with Gasteiger partial charge in [0.1, 0.15) is 11.3 Å². The Morgan fingerprint density at radius 3 is 2.68 bits per heavy atom. The van der Waals surface area contributed by atoms with Crippen molar-refractivity contribution in [1.29, 1.82) is 0 Å². The fourth-order valence-corrected chi connectivity index (χ4v) is 5.13. The largest absolute Gasteiger partial charge is 0.353 e. The predicted octanol–water partition coefficient (Wildman–Crippen LogP) is 4.08. The van der Waals surface area contributed by atoms with E-state index in [9.17, 15) is 4.79 Å². The molecule has 2 aromatic heterocycles. The lowest BCUT2D eigenvalue weighted by molar-refractivity contribution is -0.126. The molecule has 3 heterocycles. The number of H-pyrrole nitrogens is 1. The third-order valence-corrected chi connectivity index (χ3v) is 7.15. The fourth-order valence-electron chi connectivity index (χ4n) is 4.85. The average molecular weight is 537 g/mol. The van der Waals surface area contributed by atoms with E-state index in [4.69, 9.17) is 16.6 Å². The maximum absolute atomic E-state index is 16.5. The average Bonchev–Trinajstić information content (AvgIpc) is 3.38. The molecule has 1 aliphatic heterocycles. The highest BCUT2D eigenvalue weighted by Gasteiger charge is 2.26. The summed E-state index contributed by atoms with van der Waals surface area (Å²) in [7, 11) is 3.95. The second-order valence-electron chi connectivity index (χ2n) is 9.65. The molecule has 1 saturated heterocycles. The molecule has 2 N–H and O–H groups in total. The van der Waals surface area contributed by atoms with Crippen molar-refractivity contribution >= 4 is 51.1 Å². The summed E-state index contributed by atoms with van der Waals surface area (Å²) < 4.78 is 16.5. The molecule has 0 saturated carbocycles. The number of hydrogen-bond donors (Lipinski definition) is 2. The van der Waals surface area contributed by atoms with Crippen LogP contribution >= 0.6 is 11.6 Å².